The minimum Gasteiger partial charge on any atom is -0.354 e. The molecule has 0 aliphatic heterocycles. The highest BCUT2D eigenvalue weighted by Gasteiger charge is 2.17. The van der Waals surface area contributed by atoms with Crippen LogP contribution in [0, 0.1) is 21.4 Å². The predicted molar refractivity (Wildman–Crippen MR) is 77.0 cm³/mol. The number of rotatable bonds is 4. The number of anilines is 1. The van der Waals surface area contributed by atoms with Crippen LogP contribution in [0.4, 0.5) is 11.5 Å². The first-order chi connectivity index (χ1) is 9.51. The Hall–Kier alpha value is -2.17. The van der Waals surface area contributed by atoms with Gasteiger partial charge in [-0.1, -0.05) is 11.6 Å². The fourth-order valence-corrected chi connectivity index (χ4v) is 2.78. The number of hydrogen-bond acceptors (Lipinski definition) is 6. The molecule has 2 aromatic rings. The summed E-state index contributed by atoms with van der Waals surface area (Å²) in [4.78, 5) is 17.0. The monoisotopic (exact) mass is 308 g/mol. The topological polar surface area (TPSA) is 83.1 Å². The number of thiophene rings is 1. The van der Waals surface area contributed by atoms with Crippen LogP contribution in [-0.4, -0.2) is 17.0 Å². The number of aromatic nitrogens is 1. The minimum atomic E-state index is -0.617. The third-order valence-corrected chi connectivity index (χ3v) is 3.79. The van der Waals surface area contributed by atoms with Gasteiger partial charge in [0, 0.05) is 18.0 Å². The van der Waals surface area contributed by atoms with Gasteiger partial charge in [0.2, 0.25) is 5.69 Å². The van der Waals surface area contributed by atoms with Crippen LogP contribution in [0.2, 0.25) is 4.34 Å². The second kappa shape index (κ2) is 5.86. The third kappa shape index (κ3) is 3.04. The summed E-state index contributed by atoms with van der Waals surface area (Å²) >= 11 is 7.31. The molecule has 0 saturated carbocycles. The van der Waals surface area contributed by atoms with Gasteiger partial charge < -0.3 is 4.90 Å². The Bertz CT molecular complexity index is 695. The first-order valence-electron chi connectivity index (χ1n) is 5.52. The van der Waals surface area contributed by atoms with Gasteiger partial charge in [0.05, 0.1) is 15.8 Å². The van der Waals surface area contributed by atoms with Crippen molar-refractivity contribution >= 4 is 34.4 Å². The summed E-state index contributed by atoms with van der Waals surface area (Å²) in [6.45, 7) is 0.563. The summed E-state index contributed by atoms with van der Waals surface area (Å²) < 4.78 is 0.697. The van der Waals surface area contributed by atoms with Crippen molar-refractivity contribution in [2.24, 2.45) is 0 Å². The predicted octanol–water partition coefficient (Wildman–Crippen LogP) is 3.21. The molecule has 0 atom stereocenters. The normalized spacial score (nSPS) is 10.1. The molecule has 2 rings (SSSR count). The van der Waals surface area contributed by atoms with Crippen molar-refractivity contribution in [3.05, 3.63) is 49.3 Å². The van der Waals surface area contributed by atoms with E-state index in [2.05, 4.69) is 4.98 Å². The lowest BCUT2D eigenvalue weighted by atomic mass is 10.3. The zero-order chi connectivity index (χ0) is 14.7. The highest BCUT2D eigenvalue weighted by Crippen LogP contribution is 2.25. The Morgan fingerprint density at radius 3 is 2.80 bits per heavy atom. The van der Waals surface area contributed by atoms with E-state index in [1.807, 2.05) is 6.07 Å². The van der Waals surface area contributed by atoms with Gasteiger partial charge in [-0.2, -0.15) is 5.26 Å². The average molecular weight is 309 g/mol. The van der Waals surface area contributed by atoms with Gasteiger partial charge in [-0.15, -0.1) is 11.3 Å². The van der Waals surface area contributed by atoms with E-state index in [1.54, 1.807) is 24.1 Å². The molecule has 0 amide bonds. The molecule has 8 heteroatoms. The van der Waals surface area contributed by atoms with Crippen molar-refractivity contribution < 1.29 is 4.92 Å². The van der Waals surface area contributed by atoms with Gasteiger partial charge in [0.1, 0.15) is 11.9 Å². The number of nitrogens with zero attached hydrogens (tertiary/aromatic N) is 4. The summed E-state index contributed by atoms with van der Waals surface area (Å²) in [5.41, 5.74) is -0.479. The lowest BCUT2D eigenvalue weighted by Crippen LogP contribution is -2.17. The van der Waals surface area contributed by atoms with Crippen LogP contribution < -0.4 is 4.90 Å². The van der Waals surface area contributed by atoms with Gasteiger partial charge in [-0.05, 0) is 18.2 Å². The molecule has 0 fully saturated rings. The van der Waals surface area contributed by atoms with Crippen LogP contribution in [0.1, 0.15) is 10.6 Å². The molecular formula is C12H9ClN4O2S. The van der Waals surface area contributed by atoms with E-state index in [9.17, 15) is 10.1 Å². The highest BCUT2D eigenvalue weighted by atomic mass is 35.5. The molecule has 0 unspecified atom stereocenters. The van der Waals surface area contributed by atoms with Crippen molar-refractivity contribution in [1.82, 2.24) is 4.98 Å². The quantitative estimate of drug-likeness (QED) is 0.639. The maximum Gasteiger partial charge on any atom is 0.305 e. The van der Waals surface area contributed by atoms with Crippen LogP contribution in [0.5, 0.6) is 0 Å². The van der Waals surface area contributed by atoms with E-state index in [0.29, 0.717) is 16.7 Å². The van der Waals surface area contributed by atoms with Crippen molar-refractivity contribution in [2.45, 2.75) is 6.54 Å². The number of halogens is 1. The molecule has 2 aromatic heterocycles. The molecule has 0 bridgehead atoms. The maximum atomic E-state index is 10.7. The largest absolute Gasteiger partial charge is 0.354 e. The summed E-state index contributed by atoms with van der Waals surface area (Å²) in [7, 11) is 1.79. The van der Waals surface area contributed by atoms with Crippen LogP contribution >= 0.6 is 22.9 Å². The van der Waals surface area contributed by atoms with E-state index < -0.39 is 4.92 Å². The molecule has 2 heterocycles. The summed E-state index contributed by atoms with van der Waals surface area (Å²) in [5, 5.41) is 19.7. The SMILES string of the molecule is CN(Cc1ccc(Cl)s1)c1ccc([N+](=O)[O-])c(C#N)n1. The van der Waals surface area contributed by atoms with E-state index in [1.165, 1.54) is 23.5 Å². The van der Waals surface area contributed by atoms with Crippen LogP contribution in [0.3, 0.4) is 0 Å². The van der Waals surface area contributed by atoms with Crippen molar-refractivity contribution in [2.75, 3.05) is 11.9 Å². The molecular weight excluding hydrogens is 300 g/mol. The van der Waals surface area contributed by atoms with Crippen LogP contribution in [-0.2, 0) is 6.54 Å². The maximum absolute atomic E-state index is 10.7. The third-order valence-electron chi connectivity index (χ3n) is 2.57. The smallest absolute Gasteiger partial charge is 0.305 e. The average Bonchev–Trinajstić information content (AvgIpc) is 2.83. The molecule has 102 valence electrons. The summed E-state index contributed by atoms with van der Waals surface area (Å²) in [6.07, 6.45) is 0. The van der Waals surface area contributed by atoms with Gasteiger partial charge in [0.15, 0.2) is 0 Å². The van der Waals surface area contributed by atoms with Crippen molar-refractivity contribution in [3.8, 4) is 6.07 Å². The fourth-order valence-electron chi connectivity index (χ4n) is 1.64. The van der Waals surface area contributed by atoms with E-state index in [0.717, 1.165) is 4.88 Å². The Morgan fingerprint density at radius 1 is 1.50 bits per heavy atom. The van der Waals surface area contributed by atoms with E-state index in [-0.39, 0.29) is 11.4 Å². The lowest BCUT2D eigenvalue weighted by Gasteiger charge is -2.17. The Morgan fingerprint density at radius 2 is 2.25 bits per heavy atom. The molecule has 0 N–H and O–H groups in total. The lowest BCUT2D eigenvalue weighted by molar-refractivity contribution is -0.385. The van der Waals surface area contributed by atoms with E-state index in [4.69, 9.17) is 16.9 Å². The molecule has 0 spiro atoms. The molecule has 0 aliphatic rings. The van der Waals surface area contributed by atoms with Gasteiger partial charge in [0.25, 0.3) is 0 Å². The number of hydrogen-bond donors (Lipinski definition) is 0. The number of nitriles is 1. The second-order valence-corrected chi connectivity index (χ2v) is 5.77. The zero-order valence-corrected chi connectivity index (χ0v) is 12.0. The first-order valence-corrected chi connectivity index (χ1v) is 6.71. The highest BCUT2D eigenvalue weighted by molar-refractivity contribution is 7.16. The molecule has 6 nitrogen and oxygen atoms in total. The summed E-state index contributed by atoms with van der Waals surface area (Å²) in [5.74, 6) is 0.497. The van der Waals surface area contributed by atoms with Crippen molar-refractivity contribution in [1.29, 1.82) is 5.26 Å². The zero-order valence-electron chi connectivity index (χ0n) is 10.4. The first kappa shape index (κ1) is 14.2. The van der Waals surface area contributed by atoms with Gasteiger partial charge in [-0.25, -0.2) is 4.98 Å². The van der Waals surface area contributed by atoms with Crippen LogP contribution in [0.15, 0.2) is 24.3 Å². The molecule has 0 aromatic carbocycles. The van der Waals surface area contributed by atoms with Crippen molar-refractivity contribution in [3.63, 3.8) is 0 Å². The Balaban J connectivity index is 2.24. The standard InChI is InChI=1S/C12H9ClN4O2S/c1-16(7-8-2-4-11(13)20-8)12-5-3-10(17(18)19)9(6-14)15-12/h2-5H,7H2,1H3. The minimum absolute atomic E-state index is 0.191. The fraction of sp³-hybridized carbons (Fsp3) is 0.167. The molecule has 0 radical (unpaired) electrons. The molecule has 0 saturated heterocycles. The van der Waals surface area contributed by atoms with Gasteiger partial charge in [-0.3, -0.25) is 10.1 Å². The number of pyridine rings is 1. The summed E-state index contributed by atoms with van der Waals surface area (Å²) in [6, 6.07) is 8.26. The Kier molecular flexibility index (Phi) is 4.17. The van der Waals surface area contributed by atoms with Gasteiger partial charge >= 0.3 is 5.69 Å². The second-order valence-electron chi connectivity index (χ2n) is 3.97. The van der Waals surface area contributed by atoms with Crippen LogP contribution in [0.25, 0.3) is 0 Å². The molecule has 20 heavy (non-hydrogen) atoms. The Labute approximate surface area is 124 Å². The molecule has 0 aliphatic carbocycles. The number of nitro groups is 1. The van der Waals surface area contributed by atoms with E-state index >= 15 is 0 Å².